The predicted octanol–water partition coefficient (Wildman–Crippen LogP) is 2.91. The molecular formula is C14H15FN4. The topological polar surface area (TPSA) is 53.6 Å². The first-order valence-electron chi connectivity index (χ1n) is 5.97. The van der Waals surface area contributed by atoms with Crippen LogP contribution in [0.1, 0.15) is 29.8 Å². The van der Waals surface area contributed by atoms with Gasteiger partial charge in [-0.2, -0.15) is 10.4 Å². The Morgan fingerprint density at radius 1 is 1.47 bits per heavy atom. The summed E-state index contributed by atoms with van der Waals surface area (Å²) in [6.45, 7) is 3.87. The summed E-state index contributed by atoms with van der Waals surface area (Å²) in [5.74, 6) is -0.424. The van der Waals surface area contributed by atoms with Crippen LogP contribution in [0.2, 0.25) is 0 Å². The van der Waals surface area contributed by atoms with E-state index in [1.54, 1.807) is 16.8 Å². The molecule has 2 aromatic rings. The molecule has 0 radical (unpaired) electrons. The van der Waals surface area contributed by atoms with Crippen molar-refractivity contribution < 1.29 is 4.39 Å². The fraction of sp³-hybridized carbons (Fsp3) is 0.286. The van der Waals surface area contributed by atoms with Crippen molar-refractivity contribution in [2.75, 3.05) is 5.32 Å². The molecule has 0 amide bonds. The Bertz CT molecular complexity index is 639. The average Bonchev–Trinajstić information content (AvgIpc) is 2.71. The number of aryl methyl sites for hydroxylation is 2. The van der Waals surface area contributed by atoms with Gasteiger partial charge in [0, 0.05) is 18.8 Å². The van der Waals surface area contributed by atoms with Crippen LogP contribution in [-0.4, -0.2) is 9.78 Å². The van der Waals surface area contributed by atoms with Crippen molar-refractivity contribution in [3.63, 3.8) is 0 Å². The summed E-state index contributed by atoms with van der Waals surface area (Å²) in [6, 6.07) is 6.25. The van der Waals surface area contributed by atoms with E-state index >= 15 is 0 Å². The molecule has 5 heteroatoms. The molecule has 1 N–H and O–H groups in total. The zero-order valence-corrected chi connectivity index (χ0v) is 11.1. The van der Waals surface area contributed by atoms with Crippen LogP contribution in [0, 0.1) is 24.1 Å². The van der Waals surface area contributed by atoms with E-state index in [9.17, 15) is 4.39 Å². The Morgan fingerprint density at radius 2 is 2.21 bits per heavy atom. The zero-order chi connectivity index (χ0) is 14.0. The van der Waals surface area contributed by atoms with Crippen molar-refractivity contribution in [3.8, 4) is 6.07 Å². The van der Waals surface area contributed by atoms with Crippen LogP contribution in [0.4, 0.5) is 10.1 Å². The second kappa shape index (κ2) is 5.11. The number of aromatic nitrogens is 2. The summed E-state index contributed by atoms with van der Waals surface area (Å²) in [6.07, 6.45) is 1.91. The number of nitrogens with zero attached hydrogens (tertiary/aromatic N) is 3. The molecule has 0 saturated heterocycles. The molecule has 0 saturated carbocycles. The normalized spacial score (nSPS) is 11.9. The third-order valence-electron chi connectivity index (χ3n) is 2.99. The molecule has 0 aliphatic heterocycles. The summed E-state index contributed by atoms with van der Waals surface area (Å²) in [4.78, 5) is 0. The first kappa shape index (κ1) is 13.1. The van der Waals surface area contributed by atoms with Crippen molar-refractivity contribution >= 4 is 5.69 Å². The Balaban J connectivity index is 2.22. The molecule has 19 heavy (non-hydrogen) atoms. The monoisotopic (exact) mass is 258 g/mol. The SMILES string of the molecule is Cc1nn(C)cc1C(C)Nc1ccc(C#N)cc1F. The van der Waals surface area contributed by atoms with Crippen molar-refractivity contribution in [3.05, 3.63) is 47.0 Å². The van der Waals surface area contributed by atoms with Gasteiger partial charge in [0.25, 0.3) is 0 Å². The molecule has 1 aromatic carbocycles. The van der Waals surface area contributed by atoms with Gasteiger partial charge in [-0.3, -0.25) is 4.68 Å². The number of nitriles is 1. The fourth-order valence-corrected chi connectivity index (χ4v) is 2.06. The summed E-state index contributed by atoms with van der Waals surface area (Å²) >= 11 is 0. The van der Waals surface area contributed by atoms with Gasteiger partial charge in [0.1, 0.15) is 5.82 Å². The van der Waals surface area contributed by atoms with Crippen molar-refractivity contribution in [2.24, 2.45) is 7.05 Å². The minimum atomic E-state index is -0.424. The van der Waals surface area contributed by atoms with E-state index < -0.39 is 5.82 Å². The third-order valence-corrected chi connectivity index (χ3v) is 2.99. The highest BCUT2D eigenvalue weighted by molar-refractivity contribution is 5.50. The summed E-state index contributed by atoms with van der Waals surface area (Å²) in [5.41, 5.74) is 2.63. The molecule has 0 spiro atoms. The predicted molar refractivity (Wildman–Crippen MR) is 71.1 cm³/mol. The molecule has 1 heterocycles. The highest BCUT2D eigenvalue weighted by Gasteiger charge is 2.13. The largest absolute Gasteiger partial charge is 0.376 e. The molecule has 2 rings (SSSR count). The molecule has 1 unspecified atom stereocenters. The number of benzene rings is 1. The van der Waals surface area contributed by atoms with Gasteiger partial charge in [-0.15, -0.1) is 0 Å². The van der Waals surface area contributed by atoms with E-state index in [1.807, 2.05) is 33.2 Å². The van der Waals surface area contributed by atoms with Crippen LogP contribution in [-0.2, 0) is 7.05 Å². The van der Waals surface area contributed by atoms with Gasteiger partial charge in [0.05, 0.1) is 29.1 Å². The van der Waals surface area contributed by atoms with E-state index in [0.29, 0.717) is 11.3 Å². The first-order chi connectivity index (χ1) is 9.01. The van der Waals surface area contributed by atoms with Crippen molar-refractivity contribution in [1.82, 2.24) is 9.78 Å². The van der Waals surface area contributed by atoms with E-state index in [1.165, 1.54) is 6.07 Å². The molecule has 0 bridgehead atoms. The molecule has 98 valence electrons. The maximum absolute atomic E-state index is 13.8. The van der Waals surface area contributed by atoms with Gasteiger partial charge in [0.15, 0.2) is 0 Å². The highest BCUT2D eigenvalue weighted by atomic mass is 19.1. The summed E-state index contributed by atoms with van der Waals surface area (Å²) in [5, 5.41) is 16.1. The fourth-order valence-electron chi connectivity index (χ4n) is 2.06. The smallest absolute Gasteiger partial charge is 0.147 e. The maximum atomic E-state index is 13.8. The average molecular weight is 258 g/mol. The second-order valence-corrected chi connectivity index (χ2v) is 4.52. The van der Waals surface area contributed by atoms with Gasteiger partial charge >= 0.3 is 0 Å². The minimum Gasteiger partial charge on any atom is -0.376 e. The van der Waals surface area contributed by atoms with Gasteiger partial charge in [-0.25, -0.2) is 4.39 Å². The molecule has 1 aromatic heterocycles. The van der Waals surface area contributed by atoms with Crippen LogP contribution in [0.5, 0.6) is 0 Å². The van der Waals surface area contributed by atoms with E-state index in [4.69, 9.17) is 5.26 Å². The quantitative estimate of drug-likeness (QED) is 0.921. The van der Waals surface area contributed by atoms with Crippen LogP contribution >= 0.6 is 0 Å². The zero-order valence-electron chi connectivity index (χ0n) is 11.1. The van der Waals surface area contributed by atoms with Crippen molar-refractivity contribution in [2.45, 2.75) is 19.9 Å². The molecule has 0 aliphatic rings. The molecular weight excluding hydrogens is 243 g/mol. The van der Waals surface area contributed by atoms with Gasteiger partial charge in [-0.1, -0.05) is 0 Å². The Kier molecular flexibility index (Phi) is 3.52. The highest BCUT2D eigenvalue weighted by Crippen LogP contribution is 2.23. The van der Waals surface area contributed by atoms with Crippen molar-refractivity contribution in [1.29, 1.82) is 5.26 Å². The number of rotatable bonds is 3. The van der Waals surface area contributed by atoms with Crippen LogP contribution in [0.15, 0.2) is 24.4 Å². The lowest BCUT2D eigenvalue weighted by Gasteiger charge is -2.15. The standard InChI is InChI=1S/C14H15FN4/c1-9(12-8-19(3)18-10(12)2)17-14-5-4-11(7-16)6-13(14)15/h4-6,8-9,17H,1-3H3. The number of hydrogen-bond donors (Lipinski definition) is 1. The second-order valence-electron chi connectivity index (χ2n) is 4.52. The van der Waals surface area contributed by atoms with Gasteiger partial charge in [-0.05, 0) is 32.0 Å². The lowest BCUT2D eigenvalue weighted by molar-refractivity contribution is 0.627. The van der Waals surface area contributed by atoms with Crippen LogP contribution in [0.3, 0.4) is 0 Å². The first-order valence-corrected chi connectivity index (χ1v) is 5.97. The molecule has 1 atom stereocenters. The molecule has 0 aliphatic carbocycles. The van der Waals surface area contributed by atoms with Crippen LogP contribution < -0.4 is 5.32 Å². The third kappa shape index (κ3) is 2.74. The lowest BCUT2D eigenvalue weighted by atomic mass is 10.1. The number of hydrogen-bond acceptors (Lipinski definition) is 3. The molecule has 0 fully saturated rings. The van der Waals surface area contributed by atoms with Crippen LogP contribution in [0.25, 0.3) is 0 Å². The minimum absolute atomic E-state index is 0.0591. The van der Waals surface area contributed by atoms with E-state index in [-0.39, 0.29) is 6.04 Å². The lowest BCUT2D eigenvalue weighted by Crippen LogP contribution is -2.08. The maximum Gasteiger partial charge on any atom is 0.147 e. The Hall–Kier alpha value is -2.35. The number of halogens is 1. The number of anilines is 1. The van der Waals surface area contributed by atoms with E-state index in [2.05, 4.69) is 10.4 Å². The summed E-state index contributed by atoms with van der Waals surface area (Å²) in [7, 11) is 1.85. The van der Waals surface area contributed by atoms with Gasteiger partial charge in [0.2, 0.25) is 0 Å². The number of nitrogens with one attached hydrogen (secondary N) is 1. The summed E-state index contributed by atoms with van der Waals surface area (Å²) < 4.78 is 15.5. The van der Waals surface area contributed by atoms with Gasteiger partial charge < -0.3 is 5.32 Å². The Labute approximate surface area is 111 Å². The molecule has 4 nitrogen and oxygen atoms in total. The Morgan fingerprint density at radius 3 is 2.74 bits per heavy atom. The van der Waals surface area contributed by atoms with E-state index in [0.717, 1.165) is 11.3 Å².